The van der Waals surface area contributed by atoms with Gasteiger partial charge >= 0.3 is 6.09 Å². The minimum atomic E-state index is -1.56. The van der Waals surface area contributed by atoms with Gasteiger partial charge in [0.25, 0.3) is 0 Å². The van der Waals surface area contributed by atoms with Crippen LogP contribution in [0.15, 0.2) is 21.4 Å². The van der Waals surface area contributed by atoms with Gasteiger partial charge in [0.15, 0.2) is 16.6 Å². The highest BCUT2D eigenvalue weighted by Crippen LogP contribution is 2.40. The van der Waals surface area contributed by atoms with Gasteiger partial charge in [0.2, 0.25) is 0 Å². The molecule has 9 heteroatoms. The number of thiazole rings is 1. The fourth-order valence-electron chi connectivity index (χ4n) is 1.90. The number of halogens is 1. The molecule has 0 aliphatic carbocycles. The number of amides is 1. The first-order valence-electron chi connectivity index (χ1n) is 5.18. The SMILES string of the molecule is CC1=C(C#N)C(c2cnc(Br)s2)[N+]([O-])(C(=O)O)CN1. The van der Waals surface area contributed by atoms with E-state index in [2.05, 4.69) is 26.2 Å². The molecule has 2 rings (SSSR count). The van der Waals surface area contributed by atoms with Crippen LogP contribution in [0, 0.1) is 16.5 Å². The Hall–Kier alpha value is -1.47. The molecule has 7 nitrogen and oxygen atoms in total. The average molecular weight is 345 g/mol. The number of aromatic nitrogens is 1. The van der Waals surface area contributed by atoms with Gasteiger partial charge in [-0.25, -0.2) is 9.63 Å². The van der Waals surface area contributed by atoms with Crippen molar-refractivity contribution >= 4 is 33.4 Å². The third kappa shape index (κ3) is 2.23. The Balaban J connectivity index is 2.62. The van der Waals surface area contributed by atoms with E-state index in [-0.39, 0.29) is 12.2 Å². The van der Waals surface area contributed by atoms with Gasteiger partial charge in [-0.15, -0.1) is 11.3 Å². The van der Waals surface area contributed by atoms with Crippen LogP contribution in [-0.4, -0.2) is 27.5 Å². The maximum atomic E-state index is 12.5. The summed E-state index contributed by atoms with van der Waals surface area (Å²) >= 11 is 4.32. The lowest BCUT2D eigenvalue weighted by Crippen LogP contribution is -2.57. The minimum absolute atomic E-state index is 0.125. The van der Waals surface area contributed by atoms with Crippen LogP contribution in [0.2, 0.25) is 0 Å². The Morgan fingerprint density at radius 1 is 1.84 bits per heavy atom. The van der Waals surface area contributed by atoms with Crippen molar-refractivity contribution in [3.63, 3.8) is 0 Å². The van der Waals surface area contributed by atoms with Crippen molar-refractivity contribution in [1.82, 2.24) is 10.3 Å². The molecule has 1 aliphatic heterocycles. The zero-order valence-electron chi connectivity index (χ0n) is 9.75. The number of nitrogens with one attached hydrogen (secondary N) is 1. The molecular formula is C10H9BrN4O3S. The molecule has 2 heterocycles. The Morgan fingerprint density at radius 3 is 3.00 bits per heavy atom. The predicted molar refractivity (Wildman–Crippen MR) is 70.5 cm³/mol. The quantitative estimate of drug-likeness (QED) is 0.597. The van der Waals surface area contributed by atoms with Crippen LogP contribution in [0.1, 0.15) is 17.8 Å². The lowest BCUT2D eigenvalue weighted by Gasteiger charge is -2.45. The molecule has 1 aliphatic rings. The predicted octanol–water partition coefficient (Wildman–Crippen LogP) is 2.30. The number of carbonyl (C=O) groups is 1. The van der Waals surface area contributed by atoms with Crippen LogP contribution in [0.5, 0.6) is 0 Å². The molecule has 19 heavy (non-hydrogen) atoms. The number of nitriles is 1. The summed E-state index contributed by atoms with van der Waals surface area (Å²) in [5.41, 5.74) is 0.641. The van der Waals surface area contributed by atoms with E-state index in [1.54, 1.807) is 6.92 Å². The molecule has 0 fully saturated rings. The molecule has 2 unspecified atom stereocenters. The monoisotopic (exact) mass is 344 g/mol. The standard InChI is InChI=1S/C10H9BrN4O3S/c1-5-6(2-12)8(7-3-13-9(11)19-7)15(18,4-14-5)10(16)17/h3,8,14H,4H2,1H3,(H,16,17). The van der Waals surface area contributed by atoms with E-state index in [9.17, 15) is 20.4 Å². The Kier molecular flexibility index (Phi) is 3.60. The van der Waals surface area contributed by atoms with E-state index in [1.807, 2.05) is 6.07 Å². The molecule has 1 aromatic rings. The van der Waals surface area contributed by atoms with Crippen LogP contribution >= 0.6 is 27.3 Å². The van der Waals surface area contributed by atoms with Crippen molar-refractivity contribution < 1.29 is 14.5 Å². The van der Waals surface area contributed by atoms with Crippen molar-refractivity contribution in [2.45, 2.75) is 13.0 Å². The second-order valence-corrected chi connectivity index (χ2v) is 6.32. The molecule has 1 amide bonds. The zero-order chi connectivity index (χ0) is 14.2. The molecule has 2 N–H and O–H groups in total. The Morgan fingerprint density at radius 2 is 2.53 bits per heavy atom. The second kappa shape index (κ2) is 4.90. The van der Waals surface area contributed by atoms with Crippen molar-refractivity contribution in [3.05, 3.63) is 31.5 Å². The van der Waals surface area contributed by atoms with E-state index in [1.165, 1.54) is 6.20 Å². The van der Waals surface area contributed by atoms with E-state index in [4.69, 9.17) is 0 Å². The third-order valence-electron chi connectivity index (χ3n) is 2.88. The fourth-order valence-corrected chi connectivity index (χ4v) is 3.37. The summed E-state index contributed by atoms with van der Waals surface area (Å²) in [4.78, 5) is 15.7. The highest BCUT2D eigenvalue weighted by Gasteiger charge is 2.45. The summed E-state index contributed by atoms with van der Waals surface area (Å²) in [6.07, 6.45) is -0.120. The molecular weight excluding hydrogens is 336 g/mol. The smallest absolute Gasteiger partial charge is 0.515 e. The lowest BCUT2D eigenvalue weighted by molar-refractivity contribution is -0.838. The molecule has 0 bridgehead atoms. The van der Waals surface area contributed by atoms with Gasteiger partial charge in [0.1, 0.15) is 11.6 Å². The number of hydroxylamine groups is 3. The van der Waals surface area contributed by atoms with E-state index in [0.29, 0.717) is 14.5 Å². The van der Waals surface area contributed by atoms with Crippen LogP contribution in [0.4, 0.5) is 4.79 Å². The van der Waals surface area contributed by atoms with Crippen molar-refractivity contribution in [2.24, 2.45) is 0 Å². The molecule has 0 spiro atoms. The van der Waals surface area contributed by atoms with Gasteiger partial charge in [0.05, 0.1) is 4.88 Å². The van der Waals surface area contributed by atoms with Gasteiger partial charge in [0, 0.05) is 11.9 Å². The van der Waals surface area contributed by atoms with E-state index < -0.39 is 16.8 Å². The van der Waals surface area contributed by atoms with E-state index >= 15 is 0 Å². The molecule has 0 aromatic carbocycles. The Labute approximate surface area is 121 Å². The summed E-state index contributed by atoms with van der Waals surface area (Å²) < 4.78 is -1.03. The van der Waals surface area contributed by atoms with Gasteiger partial charge in [-0.2, -0.15) is 10.1 Å². The maximum Gasteiger partial charge on any atom is 0.515 e. The lowest BCUT2D eigenvalue weighted by atomic mass is 10.0. The molecule has 100 valence electrons. The average Bonchev–Trinajstić information content (AvgIpc) is 2.77. The number of quaternary nitrogens is 1. The summed E-state index contributed by atoms with van der Waals surface area (Å²) in [5, 5.41) is 33.6. The normalized spacial score (nSPS) is 26.7. The summed E-state index contributed by atoms with van der Waals surface area (Å²) in [7, 11) is 0. The Bertz CT molecular complexity index is 608. The number of hydrogen-bond donors (Lipinski definition) is 2. The molecule has 0 saturated carbocycles. The van der Waals surface area contributed by atoms with Gasteiger partial charge < -0.3 is 15.6 Å². The van der Waals surface area contributed by atoms with E-state index in [0.717, 1.165) is 11.3 Å². The number of carboxylic acid groups (broad SMARTS) is 1. The molecule has 0 saturated heterocycles. The molecule has 1 aromatic heterocycles. The first-order valence-corrected chi connectivity index (χ1v) is 6.79. The van der Waals surface area contributed by atoms with Gasteiger partial charge in [-0.05, 0) is 22.9 Å². The van der Waals surface area contributed by atoms with Crippen LogP contribution < -0.4 is 5.32 Å². The molecule has 0 radical (unpaired) electrons. The number of rotatable bonds is 1. The summed E-state index contributed by atoms with van der Waals surface area (Å²) in [6.45, 7) is 1.32. The summed E-state index contributed by atoms with van der Waals surface area (Å²) in [6, 6.07) is 0.833. The number of hydrogen-bond acceptors (Lipinski definition) is 6. The van der Waals surface area contributed by atoms with Crippen LogP contribution in [-0.2, 0) is 0 Å². The topological polar surface area (TPSA) is 109 Å². The third-order valence-corrected chi connectivity index (χ3v) is 4.41. The van der Waals surface area contributed by atoms with Crippen LogP contribution in [0.25, 0.3) is 0 Å². The maximum absolute atomic E-state index is 12.5. The fraction of sp³-hybridized carbons (Fsp3) is 0.300. The first kappa shape index (κ1) is 14.0. The zero-order valence-corrected chi connectivity index (χ0v) is 12.2. The first-order chi connectivity index (χ1) is 8.90. The highest BCUT2D eigenvalue weighted by molar-refractivity contribution is 9.11. The number of allylic oxidation sites excluding steroid dienone is 1. The van der Waals surface area contributed by atoms with Crippen molar-refractivity contribution in [1.29, 1.82) is 5.26 Å². The van der Waals surface area contributed by atoms with Crippen LogP contribution in [0.3, 0.4) is 0 Å². The van der Waals surface area contributed by atoms with Gasteiger partial charge in [-0.1, -0.05) is 0 Å². The highest BCUT2D eigenvalue weighted by atomic mass is 79.9. The largest absolute Gasteiger partial charge is 0.620 e. The summed E-state index contributed by atoms with van der Waals surface area (Å²) in [5.74, 6) is 0. The number of nitrogens with zero attached hydrogens (tertiary/aromatic N) is 3. The molecule has 2 atom stereocenters. The van der Waals surface area contributed by atoms with Gasteiger partial charge in [-0.3, -0.25) is 0 Å². The second-order valence-electron chi connectivity index (χ2n) is 3.98. The minimum Gasteiger partial charge on any atom is -0.620 e. The van der Waals surface area contributed by atoms with Crippen molar-refractivity contribution in [2.75, 3.05) is 6.67 Å². The van der Waals surface area contributed by atoms with Crippen molar-refractivity contribution in [3.8, 4) is 6.07 Å².